The fourth-order valence-electron chi connectivity index (χ4n) is 2.87. The van der Waals surface area contributed by atoms with Gasteiger partial charge in [0, 0.05) is 20.1 Å². The lowest BCUT2D eigenvalue weighted by Gasteiger charge is -2.27. The van der Waals surface area contributed by atoms with Crippen LogP contribution in [0.5, 0.6) is 0 Å². The highest BCUT2D eigenvalue weighted by Gasteiger charge is 2.24. The monoisotopic (exact) mass is 477 g/mol. The molecule has 0 bridgehead atoms. The molecular weight excluding hydrogens is 464 g/mol. The minimum absolute atomic E-state index is 0.0570. The topological polar surface area (TPSA) is 29.1 Å². The van der Waals surface area contributed by atoms with Crippen LogP contribution in [-0.4, -0.2) is 11.9 Å². The van der Waals surface area contributed by atoms with E-state index in [1.807, 2.05) is 0 Å². The average Bonchev–Trinajstić information content (AvgIpc) is 2.36. The van der Waals surface area contributed by atoms with Crippen LogP contribution in [0.15, 0.2) is 24.3 Å². The summed E-state index contributed by atoms with van der Waals surface area (Å²) in [7, 11) is 0. The smallest absolute Gasteiger partial charge is 0.217 e. The Labute approximate surface area is 139 Å². The van der Waals surface area contributed by atoms with Gasteiger partial charge in [-0.05, 0) is 92.1 Å². The summed E-state index contributed by atoms with van der Waals surface area (Å²) in [5.41, 5.74) is 2.77. The van der Waals surface area contributed by atoms with Gasteiger partial charge in [-0.15, -0.1) is 0 Å². The fraction of sp³-hybridized carbons (Fsp3) is 0.267. The number of halogens is 2. The Morgan fingerprint density at radius 1 is 1.11 bits per heavy atom. The molecule has 2 nitrogen and oxygen atoms in total. The van der Waals surface area contributed by atoms with E-state index in [9.17, 15) is 4.79 Å². The number of nitrogens with one attached hydrogen (secondary N) is 1. The zero-order chi connectivity index (χ0) is 13.6. The molecule has 0 saturated carbocycles. The summed E-state index contributed by atoms with van der Waals surface area (Å²) in [5.74, 6) is 0.0570. The molecule has 0 radical (unpaired) electrons. The molecule has 0 unspecified atom stereocenters. The lowest BCUT2D eigenvalue weighted by atomic mass is 9.86. The molecule has 2 aromatic carbocycles. The minimum Gasteiger partial charge on any atom is -0.353 e. The average molecular weight is 477 g/mol. The molecule has 0 saturated heterocycles. The van der Waals surface area contributed by atoms with Gasteiger partial charge in [-0.2, -0.15) is 0 Å². The van der Waals surface area contributed by atoms with Crippen LogP contribution >= 0.6 is 45.2 Å². The predicted octanol–water partition coefficient (Wildman–Crippen LogP) is 3.65. The predicted molar refractivity (Wildman–Crippen MR) is 94.4 cm³/mol. The van der Waals surface area contributed by atoms with Gasteiger partial charge in [0.1, 0.15) is 0 Å². The van der Waals surface area contributed by atoms with Crippen molar-refractivity contribution in [2.75, 3.05) is 0 Å². The fourth-order valence-corrected chi connectivity index (χ4v) is 4.21. The molecule has 2 aromatic rings. The molecule has 0 aliphatic heterocycles. The lowest BCUT2D eigenvalue weighted by Crippen LogP contribution is -2.38. The minimum atomic E-state index is 0.0570. The van der Waals surface area contributed by atoms with Crippen molar-refractivity contribution in [1.29, 1.82) is 0 Å². The molecule has 0 aromatic heterocycles. The summed E-state index contributed by atoms with van der Waals surface area (Å²) in [6.07, 6.45) is 1.87. The summed E-state index contributed by atoms with van der Waals surface area (Å²) in [4.78, 5) is 11.3. The molecule has 0 atom stereocenters. The lowest BCUT2D eigenvalue weighted by molar-refractivity contribution is -0.119. The second kappa shape index (κ2) is 5.20. The van der Waals surface area contributed by atoms with Gasteiger partial charge in [-0.25, -0.2) is 0 Å². The summed E-state index contributed by atoms with van der Waals surface area (Å²) < 4.78 is 2.59. The first-order valence-electron chi connectivity index (χ1n) is 6.22. The van der Waals surface area contributed by atoms with E-state index in [0.29, 0.717) is 0 Å². The van der Waals surface area contributed by atoms with E-state index in [1.165, 1.54) is 29.0 Å². The Morgan fingerprint density at radius 3 is 2.11 bits per heavy atom. The van der Waals surface area contributed by atoms with E-state index in [4.69, 9.17) is 0 Å². The van der Waals surface area contributed by atoms with Crippen molar-refractivity contribution in [1.82, 2.24) is 5.32 Å². The molecule has 1 N–H and O–H groups in total. The van der Waals surface area contributed by atoms with Gasteiger partial charge >= 0.3 is 0 Å². The SMILES string of the molecule is CC(=O)NC1Cc2c(I)ccc3ccc(I)c(c23)C1. The Hall–Kier alpha value is -0.370. The van der Waals surface area contributed by atoms with Crippen molar-refractivity contribution >= 4 is 61.9 Å². The van der Waals surface area contributed by atoms with E-state index in [0.717, 1.165) is 12.8 Å². The van der Waals surface area contributed by atoms with Crippen LogP contribution in [-0.2, 0) is 17.6 Å². The van der Waals surface area contributed by atoms with Crippen molar-refractivity contribution in [3.05, 3.63) is 42.5 Å². The summed E-state index contributed by atoms with van der Waals surface area (Å²) >= 11 is 4.80. The van der Waals surface area contributed by atoms with Crippen LogP contribution in [0.25, 0.3) is 10.8 Å². The molecule has 1 aliphatic rings. The Balaban J connectivity index is 2.19. The van der Waals surface area contributed by atoms with Crippen LogP contribution in [0.1, 0.15) is 18.1 Å². The summed E-state index contributed by atoms with van der Waals surface area (Å²) in [5, 5.41) is 5.79. The second-order valence-corrected chi connectivity index (χ2v) is 7.28. The van der Waals surface area contributed by atoms with Crippen LogP contribution < -0.4 is 5.32 Å². The normalized spacial score (nSPS) is 14.7. The number of benzene rings is 2. The third-order valence-electron chi connectivity index (χ3n) is 3.60. The van der Waals surface area contributed by atoms with Gasteiger partial charge in [0.15, 0.2) is 0 Å². The van der Waals surface area contributed by atoms with Crippen molar-refractivity contribution in [2.45, 2.75) is 25.8 Å². The molecule has 0 heterocycles. The van der Waals surface area contributed by atoms with Gasteiger partial charge < -0.3 is 5.32 Å². The highest BCUT2D eigenvalue weighted by atomic mass is 127. The van der Waals surface area contributed by atoms with Gasteiger partial charge in [-0.1, -0.05) is 12.1 Å². The molecule has 3 rings (SSSR count). The number of carbonyl (C=O) groups excluding carboxylic acids is 1. The van der Waals surface area contributed by atoms with E-state index < -0.39 is 0 Å². The highest BCUT2D eigenvalue weighted by molar-refractivity contribution is 14.1. The number of rotatable bonds is 1. The first-order chi connectivity index (χ1) is 9.06. The molecular formula is C15H13I2NO. The maximum absolute atomic E-state index is 11.3. The molecule has 98 valence electrons. The maximum atomic E-state index is 11.3. The number of hydrogen-bond acceptors (Lipinski definition) is 1. The molecule has 4 heteroatoms. The van der Waals surface area contributed by atoms with Gasteiger partial charge in [0.2, 0.25) is 5.91 Å². The molecule has 0 spiro atoms. The third-order valence-corrected chi connectivity index (χ3v) is 5.62. The van der Waals surface area contributed by atoms with Gasteiger partial charge in [0.05, 0.1) is 0 Å². The largest absolute Gasteiger partial charge is 0.353 e. The Morgan fingerprint density at radius 2 is 1.63 bits per heavy atom. The van der Waals surface area contributed by atoms with Gasteiger partial charge in [0.25, 0.3) is 0 Å². The zero-order valence-corrected chi connectivity index (χ0v) is 14.8. The quantitative estimate of drug-likeness (QED) is 0.625. The van der Waals surface area contributed by atoms with Crippen LogP contribution in [0, 0.1) is 7.14 Å². The van der Waals surface area contributed by atoms with Crippen molar-refractivity contribution < 1.29 is 4.79 Å². The van der Waals surface area contributed by atoms with Crippen LogP contribution in [0.2, 0.25) is 0 Å². The van der Waals surface area contributed by atoms with E-state index in [-0.39, 0.29) is 11.9 Å². The highest BCUT2D eigenvalue weighted by Crippen LogP contribution is 2.35. The Kier molecular flexibility index (Phi) is 3.72. The zero-order valence-electron chi connectivity index (χ0n) is 10.5. The Bertz CT molecular complexity index is 635. The van der Waals surface area contributed by atoms with E-state index in [2.05, 4.69) is 74.8 Å². The third kappa shape index (κ3) is 2.49. The summed E-state index contributed by atoms with van der Waals surface area (Å²) in [6, 6.07) is 8.95. The molecule has 1 aliphatic carbocycles. The number of hydrogen-bond donors (Lipinski definition) is 1. The molecule has 19 heavy (non-hydrogen) atoms. The van der Waals surface area contributed by atoms with Gasteiger partial charge in [-0.3, -0.25) is 4.79 Å². The van der Waals surface area contributed by atoms with Crippen molar-refractivity contribution in [3.63, 3.8) is 0 Å². The second-order valence-electron chi connectivity index (χ2n) is 4.96. The molecule has 0 fully saturated rings. The standard InChI is InChI=1S/C15H13I2NO/c1-8(19)18-10-6-11-13(16)4-2-9-3-5-14(17)12(7-10)15(9)11/h2-5,10H,6-7H2,1H3,(H,18,19). The van der Waals surface area contributed by atoms with Crippen LogP contribution in [0.3, 0.4) is 0 Å². The first-order valence-corrected chi connectivity index (χ1v) is 8.37. The van der Waals surface area contributed by atoms with Crippen molar-refractivity contribution in [3.8, 4) is 0 Å². The van der Waals surface area contributed by atoms with E-state index in [1.54, 1.807) is 6.92 Å². The first kappa shape index (κ1) is 13.6. The van der Waals surface area contributed by atoms with Crippen LogP contribution in [0.4, 0.5) is 0 Å². The maximum Gasteiger partial charge on any atom is 0.217 e. The molecule has 1 amide bonds. The van der Waals surface area contributed by atoms with E-state index >= 15 is 0 Å². The number of amides is 1. The van der Waals surface area contributed by atoms with Crippen molar-refractivity contribution in [2.24, 2.45) is 0 Å². The number of carbonyl (C=O) groups is 1. The summed E-state index contributed by atoms with van der Waals surface area (Å²) in [6.45, 7) is 1.59.